The number of benzene rings is 2. The number of ketones is 1. The van der Waals surface area contributed by atoms with Gasteiger partial charge in [0.05, 0.1) is 0 Å². The van der Waals surface area contributed by atoms with Crippen LogP contribution in [0.2, 0.25) is 0 Å². The molecule has 0 bridgehead atoms. The summed E-state index contributed by atoms with van der Waals surface area (Å²) in [4.78, 5) is 14.7. The molecule has 3 rings (SSSR count). The topological polar surface area (TPSA) is 20.3 Å². The molecule has 0 unspecified atom stereocenters. The maximum Gasteiger partial charge on any atom is 0.164 e. The van der Waals surface area contributed by atoms with Gasteiger partial charge >= 0.3 is 0 Å². The van der Waals surface area contributed by atoms with Crippen molar-refractivity contribution < 1.29 is 4.79 Å². The first-order valence-corrected chi connectivity index (χ1v) is 7.58. The Bertz CT molecular complexity index is 655. The molecule has 0 fully saturated rings. The van der Waals surface area contributed by atoms with Gasteiger partial charge in [-0.15, -0.1) is 0 Å². The van der Waals surface area contributed by atoms with Crippen LogP contribution in [-0.2, 0) is 6.42 Å². The molecule has 2 nitrogen and oxygen atoms in total. The largest absolute Gasteiger partial charge is 0.371 e. The van der Waals surface area contributed by atoms with Gasteiger partial charge in [0.2, 0.25) is 0 Å². The van der Waals surface area contributed by atoms with Crippen molar-refractivity contribution in [1.82, 2.24) is 0 Å². The van der Waals surface area contributed by atoms with E-state index in [-0.39, 0.29) is 5.78 Å². The van der Waals surface area contributed by atoms with Gasteiger partial charge in [-0.3, -0.25) is 4.79 Å². The van der Waals surface area contributed by atoms with E-state index in [9.17, 15) is 4.79 Å². The Hall–Kier alpha value is -2.09. The summed E-state index contributed by atoms with van der Waals surface area (Å²) < 4.78 is 0. The van der Waals surface area contributed by atoms with Gasteiger partial charge in [0.25, 0.3) is 0 Å². The average molecular weight is 279 g/mol. The molecule has 2 aromatic rings. The highest BCUT2D eigenvalue weighted by atomic mass is 16.1. The molecule has 0 amide bonds. The van der Waals surface area contributed by atoms with Gasteiger partial charge in [0.1, 0.15) is 0 Å². The zero-order chi connectivity index (χ0) is 14.8. The first kappa shape index (κ1) is 13.9. The molecule has 0 aromatic heterocycles. The fourth-order valence-electron chi connectivity index (χ4n) is 3.16. The summed E-state index contributed by atoms with van der Waals surface area (Å²) in [5, 5.41) is 0. The van der Waals surface area contributed by atoms with Crippen LogP contribution in [0, 0.1) is 13.8 Å². The number of rotatable bonds is 4. The molecule has 0 N–H and O–H groups in total. The van der Waals surface area contributed by atoms with Gasteiger partial charge in [-0.2, -0.15) is 0 Å². The van der Waals surface area contributed by atoms with Gasteiger partial charge in [0.15, 0.2) is 5.78 Å². The van der Waals surface area contributed by atoms with Crippen molar-refractivity contribution in [2.45, 2.75) is 26.7 Å². The number of anilines is 1. The van der Waals surface area contributed by atoms with Crippen molar-refractivity contribution >= 4 is 11.5 Å². The Kier molecular flexibility index (Phi) is 3.78. The summed E-state index contributed by atoms with van der Waals surface area (Å²) >= 11 is 0. The molecule has 1 aliphatic heterocycles. The van der Waals surface area contributed by atoms with E-state index < -0.39 is 0 Å². The lowest BCUT2D eigenvalue weighted by atomic mass is 10.0. The number of Topliss-reactive ketones (excluding diaryl/α,β-unsaturated/α-hetero) is 1. The molecule has 0 atom stereocenters. The van der Waals surface area contributed by atoms with E-state index in [0.29, 0.717) is 6.42 Å². The standard InChI is InChI=1S/C19H21NO/c1-14-11-15(2)13-17(12-14)19(21)8-10-20-9-7-16-5-3-4-6-18(16)20/h3-6,11-13H,7-10H2,1-2H3. The first-order chi connectivity index (χ1) is 10.1. The molecule has 0 saturated heterocycles. The highest BCUT2D eigenvalue weighted by Crippen LogP contribution is 2.27. The highest BCUT2D eigenvalue weighted by molar-refractivity contribution is 5.96. The van der Waals surface area contributed by atoms with Crippen LogP contribution >= 0.6 is 0 Å². The molecule has 2 aromatic carbocycles. The Labute approximate surface area is 126 Å². The quantitative estimate of drug-likeness (QED) is 0.790. The third-order valence-electron chi connectivity index (χ3n) is 4.14. The molecule has 1 heterocycles. The number of nitrogens with zero attached hydrogens (tertiary/aromatic N) is 1. The van der Waals surface area contributed by atoms with Crippen molar-refractivity contribution in [3.8, 4) is 0 Å². The summed E-state index contributed by atoms with van der Waals surface area (Å²) in [7, 11) is 0. The van der Waals surface area contributed by atoms with E-state index in [1.165, 1.54) is 11.3 Å². The van der Waals surface area contributed by atoms with Crippen molar-refractivity contribution in [3.63, 3.8) is 0 Å². The Morgan fingerprint density at radius 2 is 1.81 bits per heavy atom. The normalized spacial score (nSPS) is 13.3. The second-order valence-corrected chi connectivity index (χ2v) is 5.92. The van der Waals surface area contributed by atoms with Gasteiger partial charge in [0, 0.05) is 30.8 Å². The van der Waals surface area contributed by atoms with Crippen LogP contribution < -0.4 is 4.90 Å². The second-order valence-electron chi connectivity index (χ2n) is 5.92. The summed E-state index contributed by atoms with van der Waals surface area (Å²) in [5.41, 5.74) is 5.86. The molecular formula is C19H21NO. The third kappa shape index (κ3) is 2.99. The lowest BCUT2D eigenvalue weighted by molar-refractivity contribution is 0.0984. The summed E-state index contributed by atoms with van der Waals surface area (Å²) in [6.45, 7) is 5.92. The Morgan fingerprint density at radius 1 is 1.10 bits per heavy atom. The lowest BCUT2D eigenvalue weighted by Crippen LogP contribution is -2.23. The van der Waals surface area contributed by atoms with Crippen LogP contribution in [-0.4, -0.2) is 18.9 Å². The number of hydrogen-bond donors (Lipinski definition) is 0. The molecule has 0 saturated carbocycles. The van der Waals surface area contributed by atoms with E-state index in [1.54, 1.807) is 0 Å². The van der Waals surface area contributed by atoms with Crippen LogP contribution in [0.1, 0.15) is 33.5 Å². The molecule has 2 heteroatoms. The zero-order valence-electron chi connectivity index (χ0n) is 12.7. The molecule has 1 aliphatic rings. The average Bonchev–Trinajstić information content (AvgIpc) is 2.87. The van der Waals surface area contributed by atoms with E-state index in [2.05, 4.69) is 35.2 Å². The van der Waals surface area contributed by atoms with E-state index in [0.717, 1.165) is 36.2 Å². The third-order valence-corrected chi connectivity index (χ3v) is 4.14. The molecule has 21 heavy (non-hydrogen) atoms. The lowest BCUT2D eigenvalue weighted by Gasteiger charge is -2.18. The van der Waals surface area contributed by atoms with Crippen LogP contribution in [0.15, 0.2) is 42.5 Å². The van der Waals surface area contributed by atoms with Gasteiger partial charge in [-0.1, -0.05) is 35.4 Å². The van der Waals surface area contributed by atoms with E-state index in [4.69, 9.17) is 0 Å². The number of carbonyl (C=O) groups excluding carboxylic acids is 1. The van der Waals surface area contributed by atoms with Crippen molar-refractivity contribution in [2.24, 2.45) is 0 Å². The van der Waals surface area contributed by atoms with Crippen molar-refractivity contribution in [2.75, 3.05) is 18.0 Å². The maximum absolute atomic E-state index is 12.4. The van der Waals surface area contributed by atoms with Gasteiger partial charge < -0.3 is 4.90 Å². The van der Waals surface area contributed by atoms with E-state index >= 15 is 0 Å². The Morgan fingerprint density at radius 3 is 2.57 bits per heavy atom. The number of carbonyl (C=O) groups is 1. The van der Waals surface area contributed by atoms with E-state index in [1.807, 2.05) is 26.0 Å². The van der Waals surface area contributed by atoms with Crippen molar-refractivity contribution in [1.29, 1.82) is 0 Å². The predicted octanol–water partition coefficient (Wildman–Crippen LogP) is 3.94. The molecule has 0 radical (unpaired) electrons. The highest BCUT2D eigenvalue weighted by Gasteiger charge is 2.19. The molecule has 108 valence electrons. The summed E-state index contributed by atoms with van der Waals surface area (Å²) in [6.07, 6.45) is 1.67. The number of fused-ring (bicyclic) bond motifs is 1. The SMILES string of the molecule is Cc1cc(C)cc(C(=O)CCN2CCc3ccccc32)c1. The van der Waals surface area contributed by atoms with Crippen LogP contribution in [0.25, 0.3) is 0 Å². The fourth-order valence-corrected chi connectivity index (χ4v) is 3.16. The fraction of sp³-hybridized carbons (Fsp3) is 0.316. The number of para-hydroxylation sites is 1. The number of aryl methyl sites for hydroxylation is 2. The predicted molar refractivity (Wildman–Crippen MR) is 87.2 cm³/mol. The number of hydrogen-bond acceptors (Lipinski definition) is 2. The minimum absolute atomic E-state index is 0.242. The first-order valence-electron chi connectivity index (χ1n) is 7.58. The molecule has 0 spiro atoms. The smallest absolute Gasteiger partial charge is 0.164 e. The van der Waals surface area contributed by atoms with Crippen LogP contribution in [0.3, 0.4) is 0 Å². The summed E-state index contributed by atoms with van der Waals surface area (Å²) in [5.74, 6) is 0.242. The summed E-state index contributed by atoms with van der Waals surface area (Å²) in [6, 6.07) is 14.6. The van der Waals surface area contributed by atoms with Crippen LogP contribution in [0.5, 0.6) is 0 Å². The van der Waals surface area contributed by atoms with Gasteiger partial charge in [-0.05, 0) is 44.0 Å². The van der Waals surface area contributed by atoms with Crippen molar-refractivity contribution in [3.05, 3.63) is 64.7 Å². The monoisotopic (exact) mass is 279 g/mol. The molecular weight excluding hydrogens is 258 g/mol. The maximum atomic E-state index is 12.4. The zero-order valence-corrected chi connectivity index (χ0v) is 12.7. The minimum atomic E-state index is 0.242. The second kappa shape index (κ2) is 5.72. The minimum Gasteiger partial charge on any atom is -0.371 e. The molecule has 0 aliphatic carbocycles. The van der Waals surface area contributed by atoms with Gasteiger partial charge in [-0.25, -0.2) is 0 Å². The van der Waals surface area contributed by atoms with Crippen LogP contribution in [0.4, 0.5) is 5.69 Å². The Balaban J connectivity index is 1.67.